The summed E-state index contributed by atoms with van der Waals surface area (Å²) >= 11 is 0. The minimum atomic E-state index is -0.599. The minimum absolute atomic E-state index is 0.0228. The molecule has 116 valence electrons. The molecular formula is C14H18N6O2. The van der Waals surface area contributed by atoms with Crippen molar-refractivity contribution >= 4 is 11.8 Å². The number of piperidine rings is 1. The highest BCUT2D eigenvalue weighted by molar-refractivity contribution is 5.92. The molecule has 0 radical (unpaired) electrons. The zero-order valence-electron chi connectivity index (χ0n) is 12.3. The van der Waals surface area contributed by atoms with Crippen LogP contribution in [0.4, 0.5) is 5.82 Å². The Morgan fingerprint density at radius 3 is 2.91 bits per heavy atom. The number of carbonyl (C=O) groups excluding carboxylic acids is 1. The molecule has 3 N–H and O–H groups in total. The van der Waals surface area contributed by atoms with Crippen molar-refractivity contribution in [2.24, 2.45) is 0 Å². The normalized spacial score (nSPS) is 15.7. The van der Waals surface area contributed by atoms with Crippen LogP contribution in [0, 0.1) is 0 Å². The van der Waals surface area contributed by atoms with Crippen molar-refractivity contribution in [3.8, 4) is 11.3 Å². The van der Waals surface area contributed by atoms with Gasteiger partial charge in [-0.05, 0) is 25.9 Å². The lowest BCUT2D eigenvalue weighted by Crippen LogP contribution is -2.29. The van der Waals surface area contributed by atoms with E-state index in [-0.39, 0.29) is 11.5 Å². The van der Waals surface area contributed by atoms with E-state index in [9.17, 15) is 4.79 Å². The molecule has 0 bridgehead atoms. The Morgan fingerprint density at radius 2 is 2.18 bits per heavy atom. The van der Waals surface area contributed by atoms with Crippen molar-refractivity contribution < 1.29 is 9.53 Å². The first-order valence-electron chi connectivity index (χ1n) is 7.15. The number of nitrogen functional groups attached to an aromatic ring is 1. The van der Waals surface area contributed by atoms with Crippen molar-refractivity contribution in [2.75, 3.05) is 25.9 Å². The summed E-state index contributed by atoms with van der Waals surface area (Å²) in [6, 6.07) is 0.386. The van der Waals surface area contributed by atoms with Gasteiger partial charge in [-0.25, -0.2) is 14.8 Å². The second kappa shape index (κ2) is 6.10. The highest BCUT2D eigenvalue weighted by Gasteiger charge is 2.18. The SMILES string of the molecule is COC(=O)c1nc(-c2cnn(C3CCNCC3)c2)cnc1N. The monoisotopic (exact) mass is 302 g/mol. The second-order valence-corrected chi connectivity index (χ2v) is 5.17. The maximum absolute atomic E-state index is 11.6. The third kappa shape index (κ3) is 2.77. The van der Waals surface area contributed by atoms with Gasteiger partial charge in [0.05, 0.1) is 31.2 Å². The average Bonchev–Trinajstić information content (AvgIpc) is 3.05. The van der Waals surface area contributed by atoms with E-state index in [1.165, 1.54) is 13.3 Å². The Morgan fingerprint density at radius 1 is 1.41 bits per heavy atom. The molecule has 1 aliphatic heterocycles. The number of nitrogens with one attached hydrogen (secondary N) is 1. The number of hydrogen-bond donors (Lipinski definition) is 2. The fourth-order valence-electron chi connectivity index (χ4n) is 2.53. The van der Waals surface area contributed by atoms with E-state index in [4.69, 9.17) is 5.73 Å². The molecular weight excluding hydrogens is 284 g/mol. The summed E-state index contributed by atoms with van der Waals surface area (Å²) in [5.74, 6) is -0.543. The van der Waals surface area contributed by atoms with Gasteiger partial charge in [0, 0.05) is 11.8 Å². The number of aromatic nitrogens is 4. The number of hydrogen-bond acceptors (Lipinski definition) is 7. The molecule has 0 spiro atoms. The molecule has 8 nitrogen and oxygen atoms in total. The summed E-state index contributed by atoms with van der Waals surface area (Å²) in [5.41, 5.74) is 7.04. The molecule has 0 atom stereocenters. The topological polar surface area (TPSA) is 108 Å². The van der Waals surface area contributed by atoms with Crippen molar-refractivity contribution in [1.82, 2.24) is 25.1 Å². The smallest absolute Gasteiger partial charge is 0.360 e. The first kappa shape index (κ1) is 14.5. The van der Waals surface area contributed by atoms with Crippen LogP contribution < -0.4 is 11.1 Å². The van der Waals surface area contributed by atoms with Gasteiger partial charge in [-0.2, -0.15) is 5.10 Å². The van der Waals surface area contributed by atoms with Crippen LogP contribution in [0.5, 0.6) is 0 Å². The number of carbonyl (C=O) groups is 1. The van der Waals surface area contributed by atoms with Crippen LogP contribution >= 0.6 is 0 Å². The largest absolute Gasteiger partial charge is 0.464 e. The van der Waals surface area contributed by atoms with Crippen LogP contribution in [0.15, 0.2) is 18.6 Å². The fraction of sp³-hybridized carbons (Fsp3) is 0.429. The highest BCUT2D eigenvalue weighted by atomic mass is 16.5. The zero-order valence-corrected chi connectivity index (χ0v) is 12.3. The molecule has 0 unspecified atom stereocenters. The van der Waals surface area contributed by atoms with Gasteiger partial charge in [-0.3, -0.25) is 4.68 Å². The summed E-state index contributed by atoms with van der Waals surface area (Å²) in [7, 11) is 1.28. The predicted octanol–water partition coefficient (Wildman–Crippen LogP) is 0.633. The molecule has 1 aliphatic rings. The maximum atomic E-state index is 11.6. The Balaban J connectivity index is 1.88. The van der Waals surface area contributed by atoms with Crippen LogP contribution in [0.1, 0.15) is 29.4 Å². The van der Waals surface area contributed by atoms with Gasteiger partial charge in [0.2, 0.25) is 0 Å². The Labute approximate surface area is 127 Å². The predicted molar refractivity (Wildman–Crippen MR) is 80.1 cm³/mol. The lowest BCUT2D eigenvalue weighted by molar-refractivity contribution is 0.0595. The minimum Gasteiger partial charge on any atom is -0.464 e. The number of anilines is 1. The van der Waals surface area contributed by atoms with Gasteiger partial charge in [-0.15, -0.1) is 0 Å². The first-order valence-corrected chi connectivity index (χ1v) is 7.15. The number of nitrogens with two attached hydrogens (primary N) is 1. The second-order valence-electron chi connectivity index (χ2n) is 5.17. The van der Waals surface area contributed by atoms with Crippen LogP contribution in [0.25, 0.3) is 11.3 Å². The van der Waals surface area contributed by atoms with E-state index < -0.39 is 5.97 Å². The van der Waals surface area contributed by atoms with E-state index in [1.807, 2.05) is 10.9 Å². The number of methoxy groups -OCH3 is 1. The third-order valence-electron chi connectivity index (χ3n) is 3.76. The molecule has 0 saturated carbocycles. The number of esters is 1. The Hall–Kier alpha value is -2.48. The zero-order chi connectivity index (χ0) is 15.5. The number of rotatable bonds is 3. The van der Waals surface area contributed by atoms with Gasteiger partial charge in [0.15, 0.2) is 11.5 Å². The van der Waals surface area contributed by atoms with Crippen LogP contribution in [0.2, 0.25) is 0 Å². The molecule has 3 rings (SSSR count). The lowest BCUT2D eigenvalue weighted by atomic mass is 10.1. The number of ether oxygens (including phenoxy) is 1. The maximum Gasteiger partial charge on any atom is 0.360 e. The van der Waals surface area contributed by atoms with E-state index in [0.29, 0.717) is 11.7 Å². The molecule has 8 heteroatoms. The summed E-state index contributed by atoms with van der Waals surface area (Å²) in [5, 5.41) is 7.73. The third-order valence-corrected chi connectivity index (χ3v) is 3.76. The molecule has 0 amide bonds. The van der Waals surface area contributed by atoms with Crippen molar-refractivity contribution in [3.05, 3.63) is 24.3 Å². The van der Waals surface area contributed by atoms with Gasteiger partial charge in [0.1, 0.15) is 0 Å². The Kier molecular flexibility index (Phi) is 4.01. The quantitative estimate of drug-likeness (QED) is 0.801. The summed E-state index contributed by atoms with van der Waals surface area (Å²) in [4.78, 5) is 19.9. The molecule has 1 saturated heterocycles. The standard InChI is InChI=1S/C14H18N6O2/c1-22-14(21)12-13(15)17-7-11(19-12)9-6-18-20(8-9)10-2-4-16-5-3-10/h6-8,10,16H,2-5H2,1H3,(H2,15,17). The summed E-state index contributed by atoms with van der Waals surface area (Å²) in [6.45, 7) is 1.99. The van der Waals surface area contributed by atoms with Gasteiger partial charge < -0.3 is 15.8 Å². The molecule has 1 fully saturated rings. The average molecular weight is 302 g/mol. The van der Waals surface area contributed by atoms with E-state index in [0.717, 1.165) is 31.5 Å². The summed E-state index contributed by atoms with van der Waals surface area (Å²) in [6.07, 6.45) is 7.27. The van der Waals surface area contributed by atoms with Gasteiger partial charge >= 0.3 is 5.97 Å². The van der Waals surface area contributed by atoms with Crippen LogP contribution in [0.3, 0.4) is 0 Å². The van der Waals surface area contributed by atoms with E-state index in [1.54, 1.807) is 6.20 Å². The fourth-order valence-corrected chi connectivity index (χ4v) is 2.53. The number of nitrogens with zero attached hydrogens (tertiary/aromatic N) is 4. The highest BCUT2D eigenvalue weighted by Crippen LogP contribution is 2.23. The summed E-state index contributed by atoms with van der Waals surface area (Å²) < 4.78 is 6.61. The molecule has 22 heavy (non-hydrogen) atoms. The lowest BCUT2D eigenvalue weighted by Gasteiger charge is -2.22. The molecule has 0 aromatic carbocycles. The van der Waals surface area contributed by atoms with E-state index in [2.05, 4.69) is 25.1 Å². The van der Waals surface area contributed by atoms with Crippen LogP contribution in [-0.2, 0) is 4.74 Å². The van der Waals surface area contributed by atoms with Crippen molar-refractivity contribution in [1.29, 1.82) is 0 Å². The molecule has 2 aromatic rings. The van der Waals surface area contributed by atoms with Crippen molar-refractivity contribution in [3.63, 3.8) is 0 Å². The van der Waals surface area contributed by atoms with E-state index >= 15 is 0 Å². The molecule has 3 heterocycles. The Bertz CT molecular complexity index is 678. The van der Waals surface area contributed by atoms with Gasteiger partial charge in [0.25, 0.3) is 0 Å². The van der Waals surface area contributed by atoms with Crippen molar-refractivity contribution in [2.45, 2.75) is 18.9 Å². The van der Waals surface area contributed by atoms with Gasteiger partial charge in [-0.1, -0.05) is 0 Å². The van der Waals surface area contributed by atoms with Crippen LogP contribution in [-0.4, -0.2) is 45.9 Å². The molecule has 0 aliphatic carbocycles. The molecule has 2 aromatic heterocycles. The first-order chi connectivity index (χ1) is 10.7.